The lowest BCUT2D eigenvalue weighted by Gasteiger charge is -2.39. The van der Waals surface area contributed by atoms with E-state index in [0.29, 0.717) is 24.6 Å². The summed E-state index contributed by atoms with van der Waals surface area (Å²) in [6.07, 6.45) is 6.68. The Balaban J connectivity index is 1.55. The maximum absolute atomic E-state index is 13.4. The molecule has 1 aliphatic carbocycles. The molecule has 4 rings (SSSR count). The second-order valence-electron chi connectivity index (χ2n) is 9.97. The van der Waals surface area contributed by atoms with Crippen molar-refractivity contribution in [3.8, 4) is 0 Å². The number of benzene rings is 2. The Bertz CT molecular complexity index is 1040. The van der Waals surface area contributed by atoms with Crippen molar-refractivity contribution >= 4 is 11.8 Å². The first kappa shape index (κ1) is 25.2. The number of piperidine rings is 1. The third-order valence-electron chi connectivity index (χ3n) is 7.47. The van der Waals surface area contributed by atoms with E-state index in [-0.39, 0.29) is 29.5 Å². The smallest absolute Gasteiger partial charge is 0.225 e. The van der Waals surface area contributed by atoms with Gasteiger partial charge in [-0.1, -0.05) is 62.7 Å². The molecule has 5 heteroatoms. The number of amides is 1. The Hall–Kier alpha value is -2.95. The number of likely N-dealkylation sites (tertiary alicyclic amines) is 1. The first-order valence-electron chi connectivity index (χ1n) is 12.9. The number of carbonyl (C=O) groups is 1. The highest BCUT2D eigenvalue weighted by Crippen LogP contribution is 2.35. The molecule has 2 aliphatic rings. The molecule has 186 valence electrons. The third-order valence-corrected chi connectivity index (χ3v) is 7.47. The molecule has 2 unspecified atom stereocenters. The predicted octanol–water partition coefficient (Wildman–Crippen LogP) is 6.31. The van der Waals surface area contributed by atoms with Gasteiger partial charge in [-0.3, -0.25) is 4.79 Å². The van der Waals surface area contributed by atoms with Gasteiger partial charge in [0.25, 0.3) is 0 Å². The van der Waals surface area contributed by atoms with Crippen LogP contribution >= 0.6 is 0 Å². The number of aryl methyl sites for hydroxylation is 1. The molecule has 2 aromatic rings. The monoisotopic (exact) mass is 476 g/mol. The zero-order chi connectivity index (χ0) is 24.8. The van der Waals surface area contributed by atoms with Crippen molar-refractivity contribution in [2.45, 2.75) is 57.8 Å². The summed E-state index contributed by atoms with van der Waals surface area (Å²) < 4.78 is 19.0. The average Bonchev–Trinajstić information content (AvgIpc) is 3.43. The SMILES string of the molecule is C=C(Cc1ccc(F)cc1)N=C(OC)C1CC(c2ccc(CC)cc2)CN(C(=O)C2CCCC2)C1. The summed E-state index contributed by atoms with van der Waals surface area (Å²) in [5.41, 5.74) is 4.19. The molecular formula is C30H37FN2O2. The number of hydrogen-bond donors (Lipinski definition) is 0. The highest BCUT2D eigenvalue weighted by Gasteiger charge is 2.37. The van der Waals surface area contributed by atoms with Gasteiger partial charge in [0, 0.05) is 37.0 Å². The van der Waals surface area contributed by atoms with E-state index in [1.165, 1.54) is 23.3 Å². The van der Waals surface area contributed by atoms with Crippen LogP contribution in [0.25, 0.3) is 0 Å². The summed E-state index contributed by atoms with van der Waals surface area (Å²) in [6.45, 7) is 7.65. The fraction of sp³-hybridized carbons (Fsp3) is 0.467. The van der Waals surface area contributed by atoms with E-state index < -0.39 is 0 Å². The van der Waals surface area contributed by atoms with Crippen LogP contribution in [0.3, 0.4) is 0 Å². The summed E-state index contributed by atoms with van der Waals surface area (Å²) in [7, 11) is 1.65. The van der Waals surface area contributed by atoms with Crippen molar-refractivity contribution in [1.82, 2.24) is 4.90 Å². The standard InChI is InChI=1S/C30H37FN2O2/c1-4-22-9-13-24(14-10-22)26-18-27(20-33(19-26)30(34)25-7-5-6-8-25)29(35-3)32-21(2)17-23-11-15-28(31)16-12-23/h9-16,25-27H,2,4-8,17-20H2,1,3H3. The Labute approximate surface area is 208 Å². The van der Waals surface area contributed by atoms with Crippen LogP contribution in [0, 0.1) is 17.7 Å². The molecule has 0 bridgehead atoms. The van der Waals surface area contributed by atoms with Gasteiger partial charge in [-0.15, -0.1) is 0 Å². The molecule has 1 saturated carbocycles. The van der Waals surface area contributed by atoms with E-state index in [1.54, 1.807) is 19.2 Å². The van der Waals surface area contributed by atoms with Crippen molar-refractivity contribution in [3.05, 3.63) is 83.3 Å². The molecule has 4 nitrogen and oxygen atoms in total. The second kappa shape index (κ2) is 11.7. The van der Waals surface area contributed by atoms with Crippen LogP contribution in [-0.4, -0.2) is 36.9 Å². The molecule has 2 fully saturated rings. The second-order valence-corrected chi connectivity index (χ2v) is 9.97. The topological polar surface area (TPSA) is 41.9 Å². The van der Waals surface area contributed by atoms with Crippen molar-refractivity contribution in [1.29, 1.82) is 0 Å². The van der Waals surface area contributed by atoms with Gasteiger partial charge in [-0.25, -0.2) is 9.38 Å². The molecule has 0 radical (unpaired) electrons. The number of carbonyl (C=O) groups excluding carboxylic acids is 1. The number of nitrogens with zero attached hydrogens (tertiary/aromatic N) is 2. The third kappa shape index (κ3) is 6.39. The lowest BCUT2D eigenvalue weighted by Crippen LogP contribution is -2.47. The van der Waals surface area contributed by atoms with Crippen LogP contribution in [0.15, 0.2) is 65.8 Å². The van der Waals surface area contributed by atoms with E-state index in [0.717, 1.165) is 50.6 Å². The maximum Gasteiger partial charge on any atom is 0.225 e. The van der Waals surface area contributed by atoms with Gasteiger partial charge >= 0.3 is 0 Å². The molecule has 0 N–H and O–H groups in total. The fourth-order valence-corrected chi connectivity index (χ4v) is 5.49. The number of hydrogen-bond acceptors (Lipinski definition) is 3. The molecule has 2 aromatic carbocycles. The minimum absolute atomic E-state index is 0.0000717. The van der Waals surface area contributed by atoms with Crippen molar-refractivity contribution in [2.24, 2.45) is 16.8 Å². The highest BCUT2D eigenvalue weighted by molar-refractivity contribution is 5.83. The summed E-state index contributed by atoms with van der Waals surface area (Å²) in [4.78, 5) is 20.2. The summed E-state index contributed by atoms with van der Waals surface area (Å²) >= 11 is 0. The number of halogens is 1. The van der Waals surface area contributed by atoms with Gasteiger partial charge in [0.2, 0.25) is 5.91 Å². The number of aliphatic imine (C=N–C) groups is 1. The van der Waals surface area contributed by atoms with Gasteiger partial charge in [-0.2, -0.15) is 0 Å². The van der Waals surface area contributed by atoms with E-state index in [4.69, 9.17) is 9.73 Å². The fourth-order valence-electron chi connectivity index (χ4n) is 5.49. The summed E-state index contributed by atoms with van der Waals surface area (Å²) in [5.74, 6) is 1.02. The minimum Gasteiger partial charge on any atom is -0.484 e. The first-order chi connectivity index (χ1) is 17.0. The van der Waals surface area contributed by atoms with Crippen LogP contribution in [-0.2, 0) is 22.4 Å². The van der Waals surface area contributed by atoms with Crippen molar-refractivity contribution in [2.75, 3.05) is 20.2 Å². The normalized spacial score (nSPS) is 21.2. The Morgan fingerprint density at radius 1 is 1.03 bits per heavy atom. The average molecular weight is 477 g/mol. The van der Waals surface area contributed by atoms with Crippen molar-refractivity contribution in [3.63, 3.8) is 0 Å². The van der Waals surface area contributed by atoms with E-state index in [9.17, 15) is 9.18 Å². The molecule has 1 aliphatic heterocycles. The number of methoxy groups -OCH3 is 1. The van der Waals surface area contributed by atoms with E-state index in [2.05, 4.69) is 42.7 Å². The largest absolute Gasteiger partial charge is 0.484 e. The molecule has 35 heavy (non-hydrogen) atoms. The number of rotatable bonds is 7. The van der Waals surface area contributed by atoms with Crippen LogP contribution in [0.5, 0.6) is 0 Å². The lowest BCUT2D eigenvalue weighted by atomic mass is 9.83. The van der Waals surface area contributed by atoms with Gasteiger partial charge < -0.3 is 9.64 Å². The molecule has 1 heterocycles. The molecule has 1 saturated heterocycles. The molecular weight excluding hydrogens is 439 g/mol. The first-order valence-corrected chi connectivity index (χ1v) is 12.9. The summed E-state index contributed by atoms with van der Waals surface area (Å²) in [5, 5.41) is 0. The van der Waals surface area contributed by atoms with Crippen LogP contribution in [0.2, 0.25) is 0 Å². The minimum atomic E-state index is -0.257. The van der Waals surface area contributed by atoms with Crippen LogP contribution < -0.4 is 0 Å². The van der Waals surface area contributed by atoms with Crippen LogP contribution in [0.1, 0.15) is 61.6 Å². The van der Waals surface area contributed by atoms with E-state index in [1.807, 2.05) is 0 Å². The highest BCUT2D eigenvalue weighted by atomic mass is 19.1. The number of ether oxygens (including phenoxy) is 1. The molecule has 2 atom stereocenters. The number of allylic oxidation sites excluding steroid dienone is 1. The molecule has 0 spiro atoms. The Morgan fingerprint density at radius 2 is 1.69 bits per heavy atom. The summed E-state index contributed by atoms with van der Waals surface area (Å²) in [6, 6.07) is 15.2. The predicted molar refractivity (Wildman–Crippen MR) is 139 cm³/mol. The quantitative estimate of drug-likeness (QED) is 0.347. The molecule has 0 aromatic heterocycles. The van der Waals surface area contributed by atoms with E-state index >= 15 is 0 Å². The van der Waals surface area contributed by atoms with Crippen LogP contribution in [0.4, 0.5) is 4.39 Å². The van der Waals surface area contributed by atoms with Gasteiger partial charge in [-0.05, 0) is 54.5 Å². The Morgan fingerprint density at radius 3 is 2.31 bits per heavy atom. The van der Waals surface area contributed by atoms with Crippen molar-refractivity contribution < 1.29 is 13.9 Å². The van der Waals surface area contributed by atoms with Gasteiger partial charge in [0.05, 0.1) is 13.0 Å². The zero-order valence-electron chi connectivity index (χ0n) is 21.0. The lowest BCUT2D eigenvalue weighted by molar-refractivity contribution is -0.137. The molecule has 1 amide bonds. The van der Waals surface area contributed by atoms with Gasteiger partial charge in [0.15, 0.2) is 5.90 Å². The Kier molecular flexibility index (Phi) is 8.37. The maximum atomic E-state index is 13.4. The zero-order valence-corrected chi connectivity index (χ0v) is 21.0. The van der Waals surface area contributed by atoms with Gasteiger partial charge in [0.1, 0.15) is 5.82 Å².